The second-order valence-corrected chi connectivity index (χ2v) is 6.36. The van der Waals surface area contributed by atoms with E-state index in [1.165, 1.54) is 23.6 Å². The van der Waals surface area contributed by atoms with Crippen LogP contribution >= 0.6 is 27.3 Å². The zero-order valence-corrected chi connectivity index (χ0v) is 13.7. The van der Waals surface area contributed by atoms with Gasteiger partial charge < -0.3 is 9.88 Å². The second kappa shape index (κ2) is 6.86. The van der Waals surface area contributed by atoms with Crippen LogP contribution < -0.4 is 5.32 Å². The fourth-order valence-corrected chi connectivity index (χ4v) is 3.31. The van der Waals surface area contributed by atoms with E-state index in [2.05, 4.69) is 21.2 Å². The van der Waals surface area contributed by atoms with Gasteiger partial charge in [-0.25, -0.2) is 0 Å². The fraction of sp³-hybridized carbons (Fsp3) is 0.308. The molecule has 0 unspecified atom stereocenters. The van der Waals surface area contributed by atoms with Gasteiger partial charge in [-0.05, 0) is 28.4 Å². The van der Waals surface area contributed by atoms with E-state index < -0.39 is 4.92 Å². The van der Waals surface area contributed by atoms with Crippen molar-refractivity contribution in [3.05, 3.63) is 48.9 Å². The number of thiophene rings is 1. The first-order chi connectivity index (χ1) is 10.0. The lowest BCUT2D eigenvalue weighted by Gasteiger charge is -2.07. The minimum atomic E-state index is -0.487. The Bertz CT molecular complexity index is 665. The van der Waals surface area contributed by atoms with Gasteiger partial charge in [-0.3, -0.25) is 14.9 Å². The molecular formula is C13H14BrN3O3S. The van der Waals surface area contributed by atoms with E-state index in [0.29, 0.717) is 18.8 Å². The molecule has 21 heavy (non-hydrogen) atoms. The van der Waals surface area contributed by atoms with E-state index in [1.54, 1.807) is 4.57 Å². The first-order valence-corrected chi connectivity index (χ1v) is 8.04. The number of carbonyl (C=O) groups is 1. The van der Waals surface area contributed by atoms with Gasteiger partial charge in [-0.2, -0.15) is 0 Å². The molecule has 0 fully saturated rings. The molecule has 0 aliphatic heterocycles. The highest BCUT2D eigenvalue weighted by atomic mass is 79.9. The summed E-state index contributed by atoms with van der Waals surface area (Å²) in [7, 11) is 0. The highest BCUT2D eigenvalue weighted by Gasteiger charge is 2.18. The van der Waals surface area contributed by atoms with E-state index in [4.69, 9.17) is 0 Å². The van der Waals surface area contributed by atoms with E-state index in [9.17, 15) is 14.9 Å². The molecule has 0 aliphatic carbocycles. The molecule has 1 N–H and O–H groups in total. The smallest absolute Gasteiger partial charge is 0.287 e. The van der Waals surface area contributed by atoms with Crippen LogP contribution in [0.5, 0.6) is 0 Å². The number of nitro groups is 1. The van der Waals surface area contributed by atoms with Gasteiger partial charge in [-0.1, -0.05) is 6.92 Å². The monoisotopic (exact) mass is 371 g/mol. The van der Waals surface area contributed by atoms with E-state index in [1.807, 2.05) is 18.4 Å². The minimum Gasteiger partial charge on any atom is -0.346 e. The van der Waals surface area contributed by atoms with Crippen LogP contribution in [0.1, 0.15) is 28.7 Å². The molecule has 2 heterocycles. The summed E-state index contributed by atoms with van der Waals surface area (Å²) < 4.78 is 2.60. The average Bonchev–Trinajstić information content (AvgIpc) is 3.03. The number of aromatic nitrogens is 1. The summed E-state index contributed by atoms with van der Waals surface area (Å²) in [5.41, 5.74) is 0.256. The standard InChI is InChI=1S/C13H14BrN3O3S/c1-2-3-16-7-10(17(19)20)5-12(16)13(18)15-6-11-4-9(14)8-21-11/h4-5,7-8H,2-3,6H2,1H3,(H,15,18). The number of nitrogens with one attached hydrogen (secondary N) is 1. The van der Waals surface area contributed by atoms with Crippen LogP contribution in [0.4, 0.5) is 5.69 Å². The first-order valence-electron chi connectivity index (χ1n) is 6.37. The van der Waals surface area contributed by atoms with E-state index in [0.717, 1.165) is 15.8 Å². The number of halogens is 1. The van der Waals surface area contributed by atoms with Gasteiger partial charge in [0, 0.05) is 27.3 Å². The Balaban J connectivity index is 2.11. The Morgan fingerprint density at radius 2 is 2.29 bits per heavy atom. The highest BCUT2D eigenvalue weighted by molar-refractivity contribution is 9.10. The van der Waals surface area contributed by atoms with Gasteiger partial charge in [0.05, 0.1) is 17.7 Å². The molecule has 0 spiro atoms. The molecule has 2 rings (SSSR count). The third-order valence-corrected chi connectivity index (χ3v) is 4.53. The Hall–Kier alpha value is -1.67. The van der Waals surface area contributed by atoms with Crippen molar-refractivity contribution in [3.8, 4) is 0 Å². The maximum atomic E-state index is 12.2. The van der Waals surface area contributed by atoms with Gasteiger partial charge in [0.2, 0.25) is 0 Å². The summed E-state index contributed by atoms with van der Waals surface area (Å²) in [5, 5.41) is 15.6. The third kappa shape index (κ3) is 3.92. The number of hydrogen-bond acceptors (Lipinski definition) is 4. The summed E-state index contributed by atoms with van der Waals surface area (Å²) >= 11 is 4.89. The van der Waals surface area contributed by atoms with Crippen molar-refractivity contribution in [1.82, 2.24) is 9.88 Å². The molecule has 112 valence electrons. The van der Waals surface area contributed by atoms with Crippen LogP contribution in [-0.2, 0) is 13.1 Å². The zero-order chi connectivity index (χ0) is 15.4. The number of nitrogens with zero attached hydrogens (tertiary/aromatic N) is 2. The number of carbonyl (C=O) groups excluding carboxylic acids is 1. The zero-order valence-electron chi connectivity index (χ0n) is 11.3. The molecule has 0 atom stereocenters. The Labute approximate surface area is 134 Å². The second-order valence-electron chi connectivity index (χ2n) is 4.45. The molecule has 0 aliphatic rings. The van der Waals surface area contributed by atoms with Crippen LogP contribution in [0.2, 0.25) is 0 Å². The summed E-state index contributed by atoms with van der Waals surface area (Å²) in [5.74, 6) is -0.305. The normalized spacial score (nSPS) is 10.6. The van der Waals surface area contributed by atoms with Gasteiger partial charge in [0.15, 0.2) is 0 Å². The van der Waals surface area contributed by atoms with Crippen LogP contribution in [-0.4, -0.2) is 15.4 Å². The summed E-state index contributed by atoms with van der Waals surface area (Å²) in [6, 6.07) is 3.24. The van der Waals surface area contributed by atoms with E-state index >= 15 is 0 Å². The lowest BCUT2D eigenvalue weighted by atomic mass is 10.3. The largest absolute Gasteiger partial charge is 0.346 e. The summed E-state index contributed by atoms with van der Waals surface area (Å²) in [6.07, 6.45) is 2.20. The van der Waals surface area contributed by atoms with Crippen LogP contribution in [0.25, 0.3) is 0 Å². The number of hydrogen-bond donors (Lipinski definition) is 1. The van der Waals surface area contributed by atoms with Crippen molar-refractivity contribution in [2.45, 2.75) is 26.4 Å². The Morgan fingerprint density at radius 3 is 2.86 bits per heavy atom. The average molecular weight is 372 g/mol. The maximum Gasteiger partial charge on any atom is 0.287 e. The maximum absolute atomic E-state index is 12.2. The van der Waals surface area contributed by atoms with Crippen molar-refractivity contribution in [2.24, 2.45) is 0 Å². The predicted molar refractivity (Wildman–Crippen MR) is 84.6 cm³/mol. The lowest BCUT2D eigenvalue weighted by Crippen LogP contribution is -2.25. The number of amides is 1. The van der Waals surface area contributed by atoms with Gasteiger partial charge in [0.25, 0.3) is 11.6 Å². The van der Waals surface area contributed by atoms with Crippen molar-refractivity contribution in [2.75, 3.05) is 0 Å². The molecule has 0 aromatic carbocycles. The SMILES string of the molecule is CCCn1cc([N+](=O)[O-])cc1C(=O)NCc1cc(Br)cs1. The minimum absolute atomic E-state index is 0.0625. The quantitative estimate of drug-likeness (QED) is 0.622. The predicted octanol–water partition coefficient (Wildman–Crippen LogP) is 3.56. The van der Waals surface area contributed by atoms with Crippen LogP contribution in [0.15, 0.2) is 28.2 Å². The summed E-state index contributed by atoms with van der Waals surface area (Å²) in [6.45, 7) is 2.93. The van der Waals surface area contributed by atoms with Crippen molar-refractivity contribution >= 4 is 38.9 Å². The lowest BCUT2D eigenvalue weighted by molar-refractivity contribution is -0.384. The molecular weight excluding hydrogens is 358 g/mol. The van der Waals surface area contributed by atoms with E-state index in [-0.39, 0.29) is 11.6 Å². The van der Waals surface area contributed by atoms with Crippen molar-refractivity contribution in [3.63, 3.8) is 0 Å². The van der Waals surface area contributed by atoms with Crippen molar-refractivity contribution in [1.29, 1.82) is 0 Å². The summed E-state index contributed by atoms with van der Waals surface area (Å²) in [4.78, 5) is 23.6. The molecule has 0 bridgehead atoms. The number of aryl methyl sites for hydroxylation is 1. The molecule has 1 amide bonds. The first kappa shape index (κ1) is 15.7. The van der Waals surface area contributed by atoms with Crippen LogP contribution in [0.3, 0.4) is 0 Å². The van der Waals surface area contributed by atoms with Crippen LogP contribution in [0, 0.1) is 10.1 Å². The molecule has 0 saturated carbocycles. The Kier molecular flexibility index (Phi) is 5.13. The van der Waals surface area contributed by atoms with Gasteiger partial charge >= 0.3 is 0 Å². The van der Waals surface area contributed by atoms with Crippen molar-refractivity contribution < 1.29 is 9.72 Å². The molecule has 8 heteroatoms. The molecule has 2 aromatic heterocycles. The molecule has 2 aromatic rings. The molecule has 0 radical (unpaired) electrons. The van der Waals surface area contributed by atoms with Gasteiger partial charge in [-0.15, -0.1) is 11.3 Å². The molecule has 0 saturated heterocycles. The number of rotatable bonds is 6. The Morgan fingerprint density at radius 1 is 1.52 bits per heavy atom. The fourth-order valence-electron chi connectivity index (χ4n) is 1.92. The third-order valence-electron chi connectivity index (χ3n) is 2.84. The highest BCUT2D eigenvalue weighted by Crippen LogP contribution is 2.20. The molecule has 6 nitrogen and oxygen atoms in total. The topological polar surface area (TPSA) is 77.2 Å². The van der Waals surface area contributed by atoms with Gasteiger partial charge in [0.1, 0.15) is 5.69 Å².